The number of benzene rings is 1. The zero-order valence-corrected chi connectivity index (χ0v) is 10.4. The first-order valence-electron chi connectivity index (χ1n) is 6.11. The van der Waals surface area contributed by atoms with Gasteiger partial charge in [0.05, 0.1) is 5.56 Å². The van der Waals surface area contributed by atoms with Crippen molar-refractivity contribution in [2.24, 2.45) is 0 Å². The van der Waals surface area contributed by atoms with Crippen LogP contribution in [-0.4, -0.2) is 0 Å². The Kier molecular flexibility index (Phi) is 5.49. The first-order valence-corrected chi connectivity index (χ1v) is 6.11. The quantitative estimate of drug-likeness (QED) is 0.379. The van der Waals surface area contributed by atoms with E-state index in [9.17, 15) is 4.39 Å². The highest BCUT2D eigenvalue weighted by atomic mass is 19.1. The van der Waals surface area contributed by atoms with Gasteiger partial charge in [-0.3, -0.25) is 0 Å². The van der Waals surface area contributed by atoms with E-state index in [4.69, 9.17) is 6.42 Å². The topological polar surface area (TPSA) is 0 Å². The Morgan fingerprint density at radius 1 is 1.47 bits per heavy atom. The molecule has 1 rings (SSSR count). The van der Waals surface area contributed by atoms with Crippen molar-refractivity contribution in [3.05, 3.63) is 47.8 Å². The van der Waals surface area contributed by atoms with Gasteiger partial charge in [-0.05, 0) is 24.1 Å². The van der Waals surface area contributed by atoms with Gasteiger partial charge in [-0.1, -0.05) is 44.2 Å². The summed E-state index contributed by atoms with van der Waals surface area (Å²) in [5.74, 6) is 2.32. The lowest BCUT2D eigenvalue weighted by molar-refractivity contribution is 0.614. The van der Waals surface area contributed by atoms with Gasteiger partial charge in [0.1, 0.15) is 5.82 Å². The van der Waals surface area contributed by atoms with Crippen molar-refractivity contribution >= 4 is 0 Å². The van der Waals surface area contributed by atoms with Gasteiger partial charge in [-0.25, -0.2) is 4.39 Å². The third-order valence-corrected chi connectivity index (χ3v) is 2.98. The molecule has 0 radical (unpaired) electrons. The van der Waals surface area contributed by atoms with Crippen LogP contribution in [0.5, 0.6) is 0 Å². The number of allylic oxidation sites excluding steroid dienone is 1. The second-order valence-corrected chi connectivity index (χ2v) is 4.22. The SMILES string of the molecule is C#Cc1cc(C(C=C)CCCCC)ccc1F. The zero-order chi connectivity index (χ0) is 12.7. The van der Waals surface area contributed by atoms with Crippen LogP contribution in [-0.2, 0) is 0 Å². The van der Waals surface area contributed by atoms with Crippen molar-refractivity contribution in [2.75, 3.05) is 0 Å². The largest absolute Gasteiger partial charge is 0.206 e. The summed E-state index contributed by atoms with van der Waals surface area (Å²) in [5, 5.41) is 0. The molecule has 0 aliphatic heterocycles. The Morgan fingerprint density at radius 2 is 2.24 bits per heavy atom. The summed E-state index contributed by atoms with van der Waals surface area (Å²) in [7, 11) is 0. The van der Waals surface area contributed by atoms with Crippen LogP contribution >= 0.6 is 0 Å². The van der Waals surface area contributed by atoms with E-state index in [1.807, 2.05) is 6.08 Å². The zero-order valence-electron chi connectivity index (χ0n) is 10.4. The van der Waals surface area contributed by atoms with Gasteiger partial charge in [0.15, 0.2) is 0 Å². The molecule has 0 nitrogen and oxygen atoms in total. The summed E-state index contributed by atoms with van der Waals surface area (Å²) in [4.78, 5) is 0. The van der Waals surface area contributed by atoms with Crippen LogP contribution in [0.15, 0.2) is 30.9 Å². The maximum absolute atomic E-state index is 13.3. The van der Waals surface area contributed by atoms with E-state index in [0.29, 0.717) is 5.56 Å². The molecule has 0 fully saturated rings. The molecule has 0 bridgehead atoms. The van der Waals surface area contributed by atoms with E-state index in [2.05, 4.69) is 19.4 Å². The van der Waals surface area contributed by atoms with Crippen LogP contribution in [0.2, 0.25) is 0 Å². The number of halogens is 1. The molecule has 1 heteroatoms. The van der Waals surface area contributed by atoms with Crippen molar-refractivity contribution in [3.63, 3.8) is 0 Å². The van der Waals surface area contributed by atoms with Crippen molar-refractivity contribution in [1.82, 2.24) is 0 Å². The Bertz CT molecular complexity index is 412. The fourth-order valence-electron chi connectivity index (χ4n) is 1.92. The fraction of sp³-hybridized carbons (Fsp3) is 0.375. The minimum absolute atomic E-state index is 0.272. The Labute approximate surface area is 104 Å². The van der Waals surface area contributed by atoms with Crippen LogP contribution in [0.3, 0.4) is 0 Å². The smallest absolute Gasteiger partial charge is 0.138 e. The second kappa shape index (κ2) is 6.91. The van der Waals surface area contributed by atoms with Crippen LogP contribution in [0.25, 0.3) is 0 Å². The van der Waals surface area contributed by atoms with E-state index in [1.165, 1.54) is 18.9 Å². The molecular weight excluding hydrogens is 211 g/mol. The van der Waals surface area contributed by atoms with Crippen LogP contribution < -0.4 is 0 Å². The molecule has 0 amide bonds. The van der Waals surface area contributed by atoms with E-state index < -0.39 is 0 Å². The predicted octanol–water partition coefficient (Wildman–Crippen LogP) is 4.66. The standard InChI is InChI=1S/C16H19F/c1-4-7-8-9-13(5-2)15-10-11-16(17)14(6-3)12-15/h3,5,10-13H,2,4,7-9H2,1H3. The van der Waals surface area contributed by atoms with E-state index in [1.54, 1.807) is 12.1 Å². The molecule has 0 aliphatic rings. The molecule has 90 valence electrons. The monoisotopic (exact) mass is 230 g/mol. The molecule has 0 spiro atoms. The first-order chi connectivity index (χ1) is 8.22. The number of rotatable bonds is 6. The predicted molar refractivity (Wildman–Crippen MR) is 71.4 cm³/mol. The maximum atomic E-state index is 13.3. The number of hydrogen-bond donors (Lipinski definition) is 0. The maximum Gasteiger partial charge on any atom is 0.138 e. The van der Waals surface area contributed by atoms with Crippen molar-refractivity contribution in [2.45, 2.75) is 38.5 Å². The molecule has 1 aromatic rings. The number of terminal acetylenes is 1. The van der Waals surface area contributed by atoms with Gasteiger partial charge >= 0.3 is 0 Å². The molecule has 0 saturated carbocycles. The van der Waals surface area contributed by atoms with Gasteiger partial charge in [-0.15, -0.1) is 13.0 Å². The average Bonchev–Trinajstić information content (AvgIpc) is 2.36. The van der Waals surface area contributed by atoms with Gasteiger partial charge in [0.2, 0.25) is 0 Å². The molecule has 0 saturated heterocycles. The molecule has 1 atom stereocenters. The molecule has 1 unspecified atom stereocenters. The van der Waals surface area contributed by atoms with Crippen LogP contribution in [0.4, 0.5) is 4.39 Å². The van der Waals surface area contributed by atoms with E-state index >= 15 is 0 Å². The molecule has 0 aromatic heterocycles. The molecule has 0 heterocycles. The van der Waals surface area contributed by atoms with Crippen molar-refractivity contribution in [1.29, 1.82) is 0 Å². The second-order valence-electron chi connectivity index (χ2n) is 4.22. The molecule has 0 N–H and O–H groups in total. The molecule has 1 aromatic carbocycles. The lowest BCUT2D eigenvalue weighted by Crippen LogP contribution is -1.97. The first kappa shape index (κ1) is 13.5. The molecule has 0 aliphatic carbocycles. The minimum Gasteiger partial charge on any atom is -0.206 e. The average molecular weight is 230 g/mol. The van der Waals surface area contributed by atoms with Crippen LogP contribution in [0.1, 0.15) is 49.7 Å². The lowest BCUT2D eigenvalue weighted by atomic mass is 9.92. The molecule has 17 heavy (non-hydrogen) atoms. The normalized spacial score (nSPS) is 11.8. The van der Waals surface area contributed by atoms with Gasteiger partial charge in [0, 0.05) is 5.92 Å². The van der Waals surface area contributed by atoms with Gasteiger partial charge in [-0.2, -0.15) is 0 Å². The van der Waals surface area contributed by atoms with E-state index in [0.717, 1.165) is 18.4 Å². The van der Waals surface area contributed by atoms with Crippen LogP contribution in [0, 0.1) is 18.2 Å². The third kappa shape index (κ3) is 3.75. The van der Waals surface area contributed by atoms with Gasteiger partial charge < -0.3 is 0 Å². The summed E-state index contributed by atoms with van der Waals surface area (Å²) in [5.41, 5.74) is 1.40. The lowest BCUT2D eigenvalue weighted by Gasteiger charge is -2.13. The Hall–Kier alpha value is -1.55. The van der Waals surface area contributed by atoms with Crippen molar-refractivity contribution < 1.29 is 4.39 Å². The van der Waals surface area contributed by atoms with E-state index in [-0.39, 0.29) is 11.7 Å². The highest BCUT2D eigenvalue weighted by molar-refractivity contribution is 5.39. The Morgan fingerprint density at radius 3 is 2.82 bits per heavy atom. The highest BCUT2D eigenvalue weighted by Crippen LogP contribution is 2.25. The summed E-state index contributed by atoms with van der Waals surface area (Å²) in [6, 6.07) is 5.00. The fourth-order valence-corrected chi connectivity index (χ4v) is 1.92. The Balaban J connectivity index is 2.82. The summed E-state index contributed by atoms with van der Waals surface area (Å²) < 4.78 is 13.3. The minimum atomic E-state index is -0.326. The highest BCUT2D eigenvalue weighted by Gasteiger charge is 2.09. The summed E-state index contributed by atoms with van der Waals surface area (Å²) >= 11 is 0. The number of hydrogen-bond acceptors (Lipinski definition) is 0. The molecular formula is C16H19F. The summed E-state index contributed by atoms with van der Waals surface area (Å²) in [6.07, 6.45) is 11.8. The van der Waals surface area contributed by atoms with Crippen molar-refractivity contribution in [3.8, 4) is 12.3 Å². The third-order valence-electron chi connectivity index (χ3n) is 2.98. The number of unbranched alkanes of at least 4 members (excludes halogenated alkanes) is 2. The van der Waals surface area contributed by atoms with Gasteiger partial charge in [0.25, 0.3) is 0 Å². The summed E-state index contributed by atoms with van der Waals surface area (Å²) in [6.45, 7) is 6.03.